The maximum Gasteiger partial charge on any atom is 0.227 e. The standard InChI is InChI=1S/C24H27ClN4O2/c1-17-19(25)5-4-8-21(17)29-16-18(15-23(29)30)24-26-20-6-2-3-7-22(20)28(24)10-9-27-11-13-31-14-12-27/h2-8,18H,9-16H2,1H3. The molecule has 0 N–H and O–H groups in total. The van der Waals surface area contributed by atoms with E-state index in [4.69, 9.17) is 21.3 Å². The number of aromatic nitrogens is 2. The minimum Gasteiger partial charge on any atom is -0.379 e. The van der Waals surface area contributed by atoms with E-state index in [0.29, 0.717) is 18.0 Å². The van der Waals surface area contributed by atoms with E-state index in [2.05, 4.69) is 27.7 Å². The molecule has 0 saturated carbocycles. The molecule has 6 nitrogen and oxygen atoms in total. The van der Waals surface area contributed by atoms with Crippen LogP contribution in [0.2, 0.25) is 5.02 Å². The van der Waals surface area contributed by atoms with Crippen molar-refractivity contribution < 1.29 is 9.53 Å². The quantitative estimate of drug-likeness (QED) is 0.607. The first kappa shape index (κ1) is 20.5. The van der Waals surface area contributed by atoms with Gasteiger partial charge in [-0.15, -0.1) is 0 Å². The molecular formula is C24H27ClN4O2. The molecule has 31 heavy (non-hydrogen) atoms. The number of halogens is 1. The van der Waals surface area contributed by atoms with Crippen LogP contribution < -0.4 is 4.90 Å². The summed E-state index contributed by atoms with van der Waals surface area (Å²) < 4.78 is 7.80. The first-order valence-corrected chi connectivity index (χ1v) is 11.3. The lowest BCUT2D eigenvalue weighted by Crippen LogP contribution is -2.38. The summed E-state index contributed by atoms with van der Waals surface area (Å²) in [6.45, 7) is 7.92. The molecule has 3 aromatic rings. The van der Waals surface area contributed by atoms with Gasteiger partial charge in [0, 0.05) is 55.8 Å². The summed E-state index contributed by atoms with van der Waals surface area (Å²) in [4.78, 5) is 22.3. The number of ether oxygens (including phenoxy) is 1. The van der Waals surface area contributed by atoms with Gasteiger partial charge in [0.15, 0.2) is 0 Å². The van der Waals surface area contributed by atoms with Gasteiger partial charge in [-0.1, -0.05) is 29.8 Å². The highest BCUT2D eigenvalue weighted by Gasteiger charge is 2.35. The third kappa shape index (κ3) is 3.95. The van der Waals surface area contributed by atoms with Gasteiger partial charge in [-0.3, -0.25) is 9.69 Å². The molecule has 1 unspecified atom stereocenters. The molecule has 1 atom stereocenters. The molecule has 2 fully saturated rings. The molecule has 162 valence electrons. The molecule has 3 heterocycles. The van der Waals surface area contributed by atoms with E-state index >= 15 is 0 Å². The number of hydrogen-bond donors (Lipinski definition) is 0. The van der Waals surface area contributed by atoms with Gasteiger partial charge in [-0.25, -0.2) is 4.98 Å². The van der Waals surface area contributed by atoms with Crippen molar-refractivity contribution in [2.75, 3.05) is 44.3 Å². The molecule has 0 radical (unpaired) electrons. The van der Waals surface area contributed by atoms with E-state index in [1.807, 2.05) is 36.1 Å². The van der Waals surface area contributed by atoms with Crippen molar-refractivity contribution in [3.63, 3.8) is 0 Å². The smallest absolute Gasteiger partial charge is 0.227 e. The highest BCUT2D eigenvalue weighted by atomic mass is 35.5. The number of benzene rings is 2. The zero-order valence-corrected chi connectivity index (χ0v) is 18.5. The van der Waals surface area contributed by atoms with Gasteiger partial charge < -0.3 is 14.2 Å². The largest absolute Gasteiger partial charge is 0.379 e. The Hall–Kier alpha value is -2.41. The Bertz CT molecular complexity index is 1110. The number of fused-ring (bicyclic) bond motifs is 1. The summed E-state index contributed by atoms with van der Waals surface area (Å²) in [7, 11) is 0. The summed E-state index contributed by atoms with van der Waals surface area (Å²) >= 11 is 6.32. The molecule has 2 aliphatic heterocycles. The van der Waals surface area contributed by atoms with Gasteiger partial charge >= 0.3 is 0 Å². The third-order valence-corrected chi connectivity index (χ3v) is 6.86. The molecule has 2 aromatic carbocycles. The van der Waals surface area contributed by atoms with Gasteiger partial charge in [0.1, 0.15) is 5.82 Å². The first-order valence-electron chi connectivity index (χ1n) is 10.9. The van der Waals surface area contributed by atoms with Crippen LogP contribution in [0.1, 0.15) is 23.7 Å². The second-order valence-electron chi connectivity index (χ2n) is 8.35. The predicted octanol–water partition coefficient (Wildman–Crippen LogP) is 3.85. The van der Waals surface area contributed by atoms with Gasteiger partial charge in [0.25, 0.3) is 0 Å². The number of nitrogens with zero attached hydrogens (tertiary/aromatic N) is 4. The summed E-state index contributed by atoms with van der Waals surface area (Å²) in [6.07, 6.45) is 0.465. The topological polar surface area (TPSA) is 50.6 Å². The highest BCUT2D eigenvalue weighted by Crippen LogP contribution is 2.36. The Labute approximate surface area is 187 Å². The first-order chi connectivity index (χ1) is 15.1. The summed E-state index contributed by atoms with van der Waals surface area (Å²) in [5.74, 6) is 1.19. The number of rotatable bonds is 5. The lowest BCUT2D eigenvalue weighted by molar-refractivity contribution is -0.117. The summed E-state index contributed by atoms with van der Waals surface area (Å²) in [5.41, 5.74) is 3.97. The van der Waals surface area contributed by atoms with Crippen LogP contribution in [0.15, 0.2) is 42.5 Å². The normalized spacial score (nSPS) is 20.1. The van der Waals surface area contributed by atoms with E-state index in [9.17, 15) is 4.79 Å². The van der Waals surface area contributed by atoms with Crippen molar-refractivity contribution in [2.45, 2.75) is 25.8 Å². The fraction of sp³-hybridized carbons (Fsp3) is 0.417. The highest BCUT2D eigenvalue weighted by molar-refractivity contribution is 6.31. The minimum atomic E-state index is 0.0583. The number of carbonyl (C=O) groups is 1. The van der Waals surface area contributed by atoms with E-state index in [1.54, 1.807) is 0 Å². The number of anilines is 1. The number of carbonyl (C=O) groups excluding carboxylic acids is 1. The second-order valence-corrected chi connectivity index (χ2v) is 8.76. The van der Waals surface area contributed by atoms with Crippen LogP contribution in [-0.4, -0.2) is 59.8 Å². The molecule has 2 saturated heterocycles. The zero-order chi connectivity index (χ0) is 21.4. The van der Waals surface area contributed by atoms with E-state index < -0.39 is 0 Å². The van der Waals surface area contributed by atoms with Crippen molar-refractivity contribution in [3.8, 4) is 0 Å². The van der Waals surface area contributed by atoms with Crippen LogP contribution in [0.25, 0.3) is 11.0 Å². The Morgan fingerprint density at radius 2 is 1.90 bits per heavy atom. The predicted molar refractivity (Wildman–Crippen MR) is 123 cm³/mol. The summed E-state index contributed by atoms with van der Waals surface area (Å²) in [5, 5.41) is 0.687. The van der Waals surface area contributed by atoms with Crippen LogP contribution in [0.3, 0.4) is 0 Å². The minimum absolute atomic E-state index is 0.0583. The number of morpholine rings is 1. The van der Waals surface area contributed by atoms with Crippen molar-refractivity contribution in [1.82, 2.24) is 14.5 Å². The van der Waals surface area contributed by atoms with Crippen molar-refractivity contribution >= 4 is 34.2 Å². The van der Waals surface area contributed by atoms with Gasteiger partial charge in [-0.05, 0) is 36.8 Å². The lowest BCUT2D eigenvalue weighted by atomic mass is 10.1. The van der Waals surface area contributed by atoms with Crippen LogP contribution in [-0.2, 0) is 16.1 Å². The van der Waals surface area contributed by atoms with Gasteiger partial charge in [0.2, 0.25) is 5.91 Å². The maximum absolute atomic E-state index is 13.0. The average Bonchev–Trinajstić information content (AvgIpc) is 3.35. The van der Waals surface area contributed by atoms with E-state index in [-0.39, 0.29) is 11.8 Å². The van der Waals surface area contributed by atoms with Crippen molar-refractivity contribution in [3.05, 3.63) is 58.9 Å². The van der Waals surface area contributed by atoms with Crippen molar-refractivity contribution in [1.29, 1.82) is 0 Å². The zero-order valence-electron chi connectivity index (χ0n) is 17.8. The third-order valence-electron chi connectivity index (χ3n) is 6.45. The Morgan fingerprint density at radius 1 is 1.10 bits per heavy atom. The average molecular weight is 439 g/mol. The Kier molecular flexibility index (Phi) is 5.69. The van der Waals surface area contributed by atoms with E-state index in [1.165, 1.54) is 0 Å². The second kappa shape index (κ2) is 8.61. The SMILES string of the molecule is Cc1c(Cl)cccc1N1CC(c2nc3ccccc3n2CCN2CCOCC2)CC1=O. The number of imidazole rings is 1. The number of hydrogen-bond acceptors (Lipinski definition) is 4. The Balaban J connectivity index is 1.44. The molecule has 5 rings (SSSR count). The molecule has 1 aromatic heterocycles. The molecule has 7 heteroatoms. The molecule has 1 amide bonds. The van der Waals surface area contributed by atoms with Crippen molar-refractivity contribution in [2.24, 2.45) is 0 Å². The maximum atomic E-state index is 13.0. The number of para-hydroxylation sites is 2. The van der Waals surface area contributed by atoms with E-state index in [0.717, 1.165) is 67.5 Å². The molecule has 0 spiro atoms. The van der Waals surface area contributed by atoms with Crippen LogP contribution in [0, 0.1) is 6.92 Å². The number of amides is 1. The molecule has 2 aliphatic rings. The fourth-order valence-electron chi connectivity index (χ4n) is 4.71. The molecule has 0 aliphatic carbocycles. The van der Waals surface area contributed by atoms with Crippen LogP contribution >= 0.6 is 11.6 Å². The Morgan fingerprint density at radius 3 is 2.74 bits per heavy atom. The van der Waals surface area contributed by atoms with Gasteiger partial charge in [0.05, 0.1) is 24.2 Å². The van der Waals surface area contributed by atoms with Gasteiger partial charge in [-0.2, -0.15) is 0 Å². The molecular weight excluding hydrogens is 412 g/mol. The van der Waals surface area contributed by atoms with Crippen LogP contribution in [0.5, 0.6) is 0 Å². The summed E-state index contributed by atoms with van der Waals surface area (Å²) in [6, 6.07) is 14.0. The van der Waals surface area contributed by atoms with Crippen LogP contribution in [0.4, 0.5) is 5.69 Å². The monoisotopic (exact) mass is 438 g/mol. The lowest BCUT2D eigenvalue weighted by Gasteiger charge is -2.27. The fourth-order valence-corrected chi connectivity index (χ4v) is 4.88. The molecule has 0 bridgehead atoms.